The number of amides is 1. The van der Waals surface area contributed by atoms with Crippen LogP contribution in [0.2, 0.25) is 0 Å². The van der Waals surface area contributed by atoms with Crippen molar-refractivity contribution in [2.45, 2.75) is 12.5 Å². The van der Waals surface area contributed by atoms with E-state index in [1.807, 2.05) is 41.3 Å². The molecular formula is C25H20N2O. The quantitative estimate of drug-likeness (QED) is 0.500. The molecule has 0 spiro atoms. The van der Waals surface area contributed by atoms with E-state index in [-0.39, 0.29) is 11.8 Å². The van der Waals surface area contributed by atoms with Crippen LogP contribution in [-0.4, -0.2) is 22.3 Å². The van der Waals surface area contributed by atoms with Gasteiger partial charge in [-0.3, -0.25) is 9.78 Å². The highest BCUT2D eigenvalue weighted by atomic mass is 16.2. The molecule has 0 saturated carbocycles. The lowest BCUT2D eigenvalue weighted by molar-refractivity contribution is 0.0727. The molecule has 1 atom stereocenters. The maximum atomic E-state index is 13.5. The van der Waals surface area contributed by atoms with Gasteiger partial charge in [-0.1, -0.05) is 72.8 Å². The Balaban J connectivity index is 1.57. The zero-order chi connectivity index (χ0) is 18.9. The van der Waals surface area contributed by atoms with Crippen LogP contribution in [0, 0.1) is 0 Å². The summed E-state index contributed by atoms with van der Waals surface area (Å²) in [5, 5.41) is 0.908. The van der Waals surface area contributed by atoms with Crippen LogP contribution in [0.15, 0.2) is 91.1 Å². The molecule has 1 aromatic heterocycles. The summed E-state index contributed by atoms with van der Waals surface area (Å²) in [6.07, 6.45) is 1.72. The largest absolute Gasteiger partial charge is 0.333 e. The first kappa shape index (κ1) is 16.7. The van der Waals surface area contributed by atoms with Crippen molar-refractivity contribution < 1.29 is 4.79 Å². The average Bonchev–Trinajstić information content (AvgIpc) is 2.78. The van der Waals surface area contributed by atoms with Gasteiger partial charge in [0.15, 0.2) is 0 Å². The van der Waals surface area contributed by atoms with E-state index in [1.165, 1.54) is 16.7 Å². The van der Waals surface area contributed by atoms with Crippen molar-refractivity contribution >= 4 is 16.8 Å². The number of hydrogen-bond donors (Lipinski definition) is 0. The predicted molar refractivity (Wildman–Crippen MR) is 111 cm³/mol. The van der Waals surface area contributed by atoms with Crippen LogP contribution in [0.1, 0.15) is 33.0 Å². The monoisotopic (exact) mass is 364 g/mol. The molecule has 0 fully saturated rings. The SMILES string of the molecule is O=C(c1ccnc2ccccc12)N1Cc2ccccc2C(c2ccccc2)C1. The summed E-state index contributed by atoms with van der Waals surface area (Å²) < 4.78 is 0. The second-order valence-corrected chi connectivity index (χ2v) is 7.22. The molecule has 1 aliphatic heterocycles. The maximum absolute atomic E-state index is 13.5. The van der Waals surface area contributed by atoms with Crippen molar-refractivity contribution in [3.8, 4) is 0 Å². The topological polar surface area (TPSA) is 33.2 Å². The molecule has 3 aromatic carbocycles. The highest BCUT2D eigenvalue weighted by Gasteiger charge is 2.30. The van der Waals surface area contributed by atoms with E-state index >= 15 is 0 Å². The Hall–Kier alpha value is -3.46. The summed E-state index contributed by atoms with van der Waals surface area (Å²) in [7, 11) is 0. The van der Waals surface area contributed by atoms with Crippen molar-refractivity contribution in [2.75, 3.05) is 6.54 Å². The first-order valence-corrected chi connectivity index (χ1v) is 9.57. The minimum atomic E-state index is 0.0639. The van der Waals surface area contributed by atoms with Crippen molar-refractivity contribution in [3.63, 3.8) is 0 Å². The highest BCUT2D eigenvalue weighted by molar-refractivity contribution is 6.06. The Morgan fingerprint density at radius 2 is 1.61 bits per heavy atom. The minimum absolute atomic E-state index is 0.0639. The number of para-hydroxylation sites is 1. The molecule has 1 aliphatic rings. The number of fused-ring (bicyclic) bond motifs is 2. The van der Waals surface area contributed by atoms with Gasteiger partial charge in [0.1, 0.15) is 0 Å². The van der Waals surface area contributed by atoms with Crippen LogP contribution in [-0.2, 0) is 6.54 Å². The van der Waals surface area contributed by atoms with Gasteiger partial charge < -0.3 is 4.90 Å². The van der Waals surface area contributed by atoms with Gasteiger partial charge in [0.25, 0.3) is 5.91 Å². The maximum Gasteiger partial charge on any atom is 0.254 e. The van der Waals surface area contributed by atoms with Crippen LogP contribution in [0.3, 0.4) is 0 Å². The van der Waals surface area contributed by atoms with Gasteiger partial charge in [-0.15, -0.1) is 0 Å². The van der Waals surface area contributed by atoms with Gasteiger partial charge in [-0.2, -0.15) is 0 Å². The van der Waals surface area contributed by atoms with Crippen LogP contribution < -0.4 is 0 Å². The number of carbonyl (C=O) groups is 1. The summed E-state index contributed by atoms with van der Waals surface area (Å²) in [4.78, 5) is 19.9. The molecule has 1 amide bonds. The Kier molecular flexibility index (Phi) is 4.13. The Morgan fingerprint density at radius 1 is 0.857 bits per heavy atom. The summed E-state index contributed by atoms with van der Waals surface area (Å²) in [6.45, 7) is 1.31. The fraction of sp³-hybridized carbons (Fsp3) is 0.120. The first-order valence-electron chi connectivity index (χ1n) is 9.57. The predicted octanol–water partition coefficient (Wildman–Crippen LogP) is 5.02. The standard InChI is InChI=1S/C25H20N2O/c28-25(22-14-15-26-24-13-7-6-12-21(22)24)27-16-19-10-4-5-11-20(19)23(17-27)18-8-2-1-3-9-18/h1-15,23H,16-17H2. The van der Waals surface area contributed by atoms with E-state index in [1.54, 1.807) is 6.20 Å². The number of hydrogen-bond acceptors (Lipinski definition) is 2. The van der Waals surface area contributed by atoms with E-state index in [0.717, 1.165) is 16.5 Å². The first-order chi connectivity index (χ1) is 13.8. The van der Waals surface area contributed by atoms with E-state index in [9.17, 15) is 4.79 Å². The highest BCUT2D eigenvalue weighted by Crippen LogP contribution is 2.34. The van der Waals surface area contributed by atoms with Crippen molar-refractivity contribution in [1.82, 2.24) is 9.88 Å². The summed E-state index contributed by atoms with van der Waals surface area (Å²) >= 11 is 0. The number of rotatable bonds is 2. The van der Waals surface area contributed by atoms with Crippen molar-refractivity contribution in [1.29, 1.82) is 0 Å². The molecule has 2 heterocycles. The zero-order valence-corrected chi connectivity index (χ0v) is 15.5. The molecule has 5 rings (SSSR count). The molecule has 3 nitrogen and oxygen atoms in total. The van der Waals surface area contributed by atoms with Crippen LogP contribution in [0.4, 0.5) is 0 Å². The lowest BCUT2D eigenvalue weighted by atomic mass is 9.84. The van der Waals surface area contributed by atoms with Crippen molar-refractivity contribution in [3.05, 3.63) is 113 Å². The van der Waals surface area contributed by atoms with Crippen LogP contribution >= 0.6 is 0 Å². The molecular weight excluding hydrogens is 344 g/mol. The zero-order valence-electron chi connectivity index (χ0n) is 15.5. The number of carbonyl (C=O) groups excluding carboxylic acids is 1. The van der Waals surface area contributed by atoms with Gasteiger partial charge in [-0.05, 0) is 28.8 Å². The molecule has 0 aliphatic carbocycles. The van der Waals surface area contributed by atoms with Crippen molar-refractivity contribution in [2.24, 2.45) is 0 Å². The Morgan fingerprint density at radius 3 is 2.50 bits per heavy atom. The van der Waals surface area contributed by atoms with Gasteiger partial charge in [0.05, 0.1) is 11.1 Å². The van der Waals surface area contributed by atoms with Crippen LogP contribution in [0.5, 0.6) is 0 Å². The van der Waals surface area contributed by atoms with E-state index in [4.69, 9.17) is 0 Å². The molecule has 0 bridgehead atoms. The Bertz CT molecular complexity index is 1150. The number of nitrogens with zero attached hydrogens (tertiary/aromatic N) is 2. The molecule has 1 unspecified atom stereocenters. The van der Waals surface area contributed by atoms with E-state index in [0.29, 0.717) is 13.1 Å². The third-order valence-electron chi connectivity index (χ3n) is 5.56. The molecule has 28 heavy (non-hydrogen) atoms. The third kappa shape index (κ3) is 2.85. The molecule has 0 saturated heterocycles. The second-order valence-electron chi connectivity index (χ2n) is 7.22. The lowest BCUT2D eigenvalue weighted by Gasteiger charge is -2.35. The summed E-state index contributed by atoms with van der Waals surface area (Å²) in [5.41, 5.74) is 5.35. The lowest BCUT2D eigenvalue weighted by Crippen LogP contribution is -2.38. The number of pyridine rings is 1. The number of aromatic nitrogens is 1. The summed E-state index contributed by atoms with van der Waals surface area (Å²) in [6, 6.07) is 28.6. The molecule has 0 radical (unpaired) electrons. The Labute approximate surface area is 164 Å². The molecule has 3 heteroatoms. The van der Waals surface area contributed by atoms with E-state index in [2.05, 4.69) is 53.5 Å². The van der Waals surface area contributed by atoms with Crippen LogP contribution in [0.25, 0.3) is 10.9 Å². The average molecular weight is 364 g/mol. The minimum Gasteiger partial charge on any atom is -0.333 e. The smallest absolute Gasteiger partial charge is 0.254 e. The van der Waals surface area contributed by atoms with Gasteiger partial charge in [0, 0.05) is 30.6 Å². The van der Waals surface area contributed by atoms with E-state index < -0.39 is 0 Å². The summed E-state index contributed by atoms with van der Waals surface area (Å²) in [5.74, 6) is 0.247. The fourth-order valence-corrected chi connectivity index (χ4v) is 4.18. The van der Waals surface area contributed by atoms with Gasteiger partial charge in [-0.25, -0.2) is 0 Å². The molecule has 0 N–H and O–H groups in total. The molecule has 4 aromatic rings. The normalized spacial score (nSPS) is 16.0. The van der Waals surface area contributed by atoms with Gasteiger partial charge in [0.2, 0.25) is 0 Å². The second kappa shape index (κ2) is 6.93. The third-order valence-corrected chi connectivity index (χ3v) is 5.56. The van der Waals surface area contributed by atoms with Gasteiger partial charge >= 0.3 is 0 Å². The molecule has 136 valence electrons. The fourth-order valence-electron chi connectivity index (χ4n) is 4.18. The number of benzene rings is 3.